The van der Waals surface area contributed by atoms with E-state index in [1.165, 1.54) is 5.56 Å². The maximum absolute atomic E-state index is 11.5. The van der Waals surface area contributed by atoms with Crippen molar-refractivity contribution < 1.29 is 4.79 Å². The molecule has 0 unspecified atom stereocenters. The zero-order valence-electron chi connectivity index (χ0n) is 10.9. The summed E-state index contributed by atoms with van der Waals surface area (Å²) in [5.41, 5.74) is 4.63. The predicted molar refractivity (Wildman–Crippen MR) is 69.2 cm³/mol. The summed E-state index contributed by atoms with van der Waals surface area (Å²) in [6.07, 6.45) is -0.0195. The fourth-order valence-electron chi connectivity index (χ4n) is 2.26. The zero-order valence-corrected chi connectivity index (χ0v) is 10.9. The summed E-state index contributed by atoms with van der Waals surface area (Å²) in [5.74, 6) is -0.0469. The van der Waals surface area contributed by atoms with Gasteiger partial charge >= 0.3 is 0 Å². The van der Waals surface area contributed by atoms with Crippen LogP contribution in [0.2, 0.25) is 0 Å². The number of anilines is 1. The molecule has 0 aliphatic rings. The lowest BCUT2D eigenvalue weighted by atomic mass is 10.0. The highest BCUT2D eigenvalue weighted by atomic mass is 16.1. The molecule has 1 aromatic rings. The van der Waals surface area contributed by atoms with E-state index in [-0.39, 0.29) is 18.7 Å². The van der Waals surface area contributed by atoms with E-state index in [9.17, 15) is 4.79 Å². The van der Waals surface area contributed by atoms with Crippen LogP contribution in [0, 0.1) is 32.1 Å². The van der Waals surface area contributed by atoms with Gasteiger partial charge in [-0.25, -0.2) is 0 Å². The Morgan fingerprint density at radius 3 is 2.29 bits per heavy atom. The molecule has 0 heterocycles. The largest absolute Gasteiger partial charge is 0.367 e. The number of hydrogen-bond acceptors (Lipinski definition) is 3. The van der Waals surface area contributed by atoms with Crippen molar-refractivity contribution in [1.29, 1.82) is 5.26 Å². The molecule has 0 atom stereocenters. The van der Waals surface area contributed by atoms with Crippen LogP contribution in [0.25, 0.3) is 0 Å². The van der Waals surface area contributed by atoms with E-state index in [1.54, 1.807) is 0 Å². The van der Waals surface area contributed by atoms with Crippen LogP contribution in [0.15, 0.2) is 12.1 Å². The van der Waals surface area contributed by atoms with Gasteiger partial charge < -0.3 is 4.90 Å². The molecule has 0 saturated carbocycles. The number of hydrogen-bond donors (Lipinski definition) is 0. The number of nitrogens with zero attached hydrogens (tertiary/aromatic N) is 2. The Hall–Kier alpha value is -1.82. The molecule has 3 nitrogen and oxygen atoms in total. The second kappa shape index (κ2) is 5.49. The molecule has 0 radical (unpaired) electrons. The number of benzene rings is 1. The fourth-order valence-corrected chi connectivity index (χ4v) is 2.26. The number of ketones is 1. The highest BCUT2D eigenvalue weighted by Gasteiger charge is 2.12. The van der Waals surface area contributed by atoms with Crippen LogP contribution < -0.4 is 4.90 Å². The first kappa shape index (κ1) is 13.2. The standard InChI is InChI=1S/C14H18N2O/c1-10-7-11(2)14(12(3)8-10)16(4)9-13(17)5-6-15/h7-8H,5,9H2,1-4H3. The summed E-state index contributed by atoms with van der Waals surface area (Å²) < 4.78 is 0. The monoisotopic (exact) mass is 230 g/mol. The first-order valence-corrected chi connectivity index (χ1v) is 5.63. The third-order valence-corrected chi connectivity index (χ3v) is 2.71. The number of carbonyl (C=O) groups is 1. The van der Waals surface area contributed by atoms with Crippen LogP contribution in [0.1, 0.15) is 23.1 Å². The Morgan fingerprint density at radius 2 is 1.82 bits per heavy atom. The Labute approximate surface area is 103 Å². The predicted octanol–water partition coefficient (Wildman–Crippen LogP) is 2.53. The summed E-state index contributed by atoms with van der Waals surface area (Å²) in [6.45, 7) is 6.43. The van der Waals surface area contributed by atoms with Crippen molar-refractivity contribution in [3.05, 3.63) is 28.8 Å². The molecule has 90 valence electrons. The van der Waals surface area contributed by atoms with E-state index in [1.807, 2.05) is 31.9 Å². The van der Waals surface area contributed by atoms with Gasteiger partial charge in [-0.2, -0.15) is 5.26 Å². The third-order valence-electron chi connectivity index (χ3n) is 2.71. The lowest BCUT2D eigenvalue weighted by molar-refractivity contribution is -0.116. The van der Waals surface area contributed by atoms with Crippen molar-refractivity contribution in [2.75, 3.05) is 18.5 Å². The van der Waals surface area contributed by atoms with Crippen molar-refractivity contribution in [2.45, 2.75) is 27.2 Å². The number of carbonyl (C=O) groups excluding carboxylic acids is 1. The van der Waals surface area contributed by atoms with Gasteiger partial charge in [-0.3, -0.25) is 4.79 Å². The van der Waals surface area contributed by atoms with Crippen molar-refractivity contribution in [2.24, 2.45) is 0 Å². The zero-order chi connectivity index (χ0) is 13.0. The summed E-state index contributed by atoms with van der Waals surface area (Å²) in [6, 6.07) is 6.10. The van der Waals surface area contributed by atoms with Gasteiger partial charge in [0.1, 0.15) is 0 Å². The van der Waals surface area contributed by atoms with Gasteiger partial charge in [0.15, 0.2) is 5.78 Å². The molecule has 17 heavy (non-hydrogen) atoms. The molecule has 0 aliphatic carbocycles. The molecule has 0 fully saturated rings. The second-order valence-electron chi connectivity index (χ2n) is 4.48. The maximum atomic E-state index is 11.5. The minimum absolute atomic E-state index is 0.0195. The van der Waals surface area contributed by atoms with E-state index in [2.05, 4.69) is 19.1 Å². The van der Waals surface area contributed by atoms with E-state index in [0.29, 0.717) is 0 Å². The lowest BCUT2D eigenvalue weighted by Gasteiger charge is -2.23. The molecule has 0 N–H and O–H groups in total. The molecule has 0 aromatic heterocycles. The molecule has 1 aromatic carbocycles. The Morgan fingerprint density at radius 1 is 1.29 bits per heavy atom. The first-order chi connectivity index (χ1) is 7.95. The van der Waals surface area contributed by atoms with E-state index < -0.39 is 0 Å². The van der Waals surface area contributed by atoms with Crippen molar-refractivity contribution in [3.63, 3.8) is 0 Å². The normalized spacial score (nSPS) is 9.82. The number of rotatable bonds is 4. The molecular formula is C14H18N2O. The quantitative estimate of drug-likeness (QED) is 0.798. The summed E-state index contributed by atoms with van der Waals surface area (Å²) in [7, 11) is 1.89. The average molecular weight is 230 g/mol. The van der Waals surface area contributed by atoms with Gasteiger partial charge in [0, 0.05) is 12.7 Å². The first-order valence-electron chi connectivity index (χ1n) is 5.63. The highest BCUT2D eigenvalue weighted by molar-refractivity contribution is 5.85. The van der Waals surface area contributed by atoms with Crippen LogP contribution in [-0.2, 0) is 4.79 Å². The maximum Gasteiger partial charge on any atom is 0.166 e. The Bertz CT molecular complexity index is 449. The summed E-state index contributed by atoms with van der Waals surface area (Å²) in [5, 5.41) is 8.48. The minimum Gasteiger partial charge on any atom is -0.367 e. The van der Waals surface area contributed by atoms with E-state index in [0.717, 1.165) is 16.8 Å². The van der Waals surface area contributed by atoms with E-state index >= 15 is 0 Å². The number of Topliss-reactive ketones (excluding diaryl/α,β-unsaturated/α-hetero) is 1. The topological polar surface area (TPSA) is 44.1 Å². The number of aryl methyl sites for hydroxylation is 3. The van der Waals surface area contributed by atoms with Crippen LogP contribution in [0.4, 0.5) is 5.69 Å². The SMILES string of the molecule is Cc1cc(C)c(N(C)CC(=O)CC#N)c(C)c1. The van der Waals surface area contributed by atoms with Crippen LogP contribution in [0.3, 0.4) is 0 Å². The molecule has 0 amide bonds. The number of nitriles is 1. The average Bonchev–Trinajstić information content (AvgIpc) is 2.15. The summed E-state index contributed by atoms with van der Waals surface area (Å²) in [4.78, 5) is 13.4. The Kier molecular flexibility index (Phi) is 4.28. The molecule has 0 saturated heterocycles. The van der Waals surface area contributed by atoms with Crippen LogP contribution in [-0.4, -0.2) is 19.4 Å². The minimum atomic E-state index is -0.0469. The fraction of sp³-hybridized carbons (Fsp3) is 0.429. The van der Waals surface area contributed by atoms with Gasteiger partial charge in [0.2, 0.25) is 0 Å². The van der Waals surface area contributed by atoms with Crippen molar-refractivity contribution >= 4 is 11.5 Å². The second-order valence-corrected chi connectivity index (χ2v) is 4.48. The lowest BCUT2D eigenvalue weighted by Crippen LogP contribution is -2.26. The molecule has 0 aliphatic heterocycles. The molecule has 3 heteroatoms. The van der Waals surface area contributed by atoms with Gasteiger partial charge in [-0.1, -0.05) is 17.7 Å². The molecule has 0 spiro atoms. The number of likely N-dealkylation sites (N-methyl/N-ethyl adjacent to an activating group) is 1. The van der Waals surface area contributed by atoms with Crippen LogP contribution in [0.5, 0.6) is 0 Å². The smallest absolute Gasteiger partial charge is 0.166 e. The molecule has 1 rings (SSSR count). The van der Waals surface area contributed by atoms with Crippen LogP contribution >= 0.6 is 0 Å². The molecular weight excluding hydrogens is 212 g/mol. The van der Waals surface area contributed by atoms with Gasteiger partial charge in [-0.15, -0.1) is 0 Å². The van der Waals surface area contributed by atoms with Gasteiger partial charge in [-0.05, 0) is 31.9 Å². The Balaban J connectivity index is 2.93. The summed E-state index contributed by atoms with van der Waals surface area (Å²) >= 11 is 0. The highest BCUT2D eigenvalue weighted by Crippen LogP contribution is 2.25. The van der Waals surface area contributed by atoms with E-state index in [4.69, 9.17) is 5.26 Å². The third kappa shape index (κ3) is 3.32. The van der Waals surface area contributed by atoms with Gasteiger partial charge in [0.25, 0.3) is 0 Å². The van der Waals surface area contributed by atoms with Gasteiger partial charge in [0.05, 0.1) is 19.0 Å². The van der Waals surface area contributed by atoms with Crippen molar-refractivity contribution in [1.82, 2.24) is 0 Å². The van der Waals surface area contributed by atoms with Crippen molar-refractivity contribution in [3.8, 4) is 6.07 Å². The molecule has 0 bridgehead atoms.